The SMILES string of the molecule is CCCCN=CC1CCC(C=NSCC)O1. The van der Waals surface area contributed by atoms with Gasteiger partial charge in [-0.05, 0) is 31.2 Å². The fourth-order valence-electron chi connectivity index (χ4n) is 1.54. The molecule has 0 aliphatic carbocycles. The summed E-state index contributed by atoms with van der Waals surface area (Å²) in [6.45, 7) is 5.21. The summed E-state index contributed by atoms with van der Waals surface area (Å²) in [5, 5.41) is 0. The smallest absolute Gasteiger partial charge is 0.0942 e. The number of rotatable bonds is 7. The molecule has 92 valence electrons. The number of ether oxygens (including phenoxy) is 1. The van der Waals surface area contributed by atoms with Gasteiger partial charge in [0.05, 0.1) is 12.2 Å². The normalized spacial score (nSPS) is 26.1. The van der Waals surface area contributed by atoms with Gasteiger partial charge in [-0.25, -0.2) is 4.40 Å². The lowest BCUT2D eigenvalue weighted by atomic mass is 10.2. The molecule has 16 heavy (non-hydrogen) atoms. The van der Waals surface area contributed by atoms with E-state index in [4.69, 9.17) is 4.74 Å². The summed E-state index contributed by atoms with van der Waals surface area (Å²) in [5.74, 6) is 1.02. The zero-order valence-electron chi connectivity index (χ0n) is 10.3. The van der Waals surface area contributed by atoms with Crippen LogP contribution >= 0.6 is 11.9 Å². The highest BCUT2D eigenvalue weighted by Gasteiger charge is 2.22. The molecule has 0 aromatic carbocycles. The van der Waals surface area contributed by atoms with E-state index in [9.17, 15) is 0 Å². The van der Waals surface area contributed by atoms with E-state index in [2.05, 4.69) is 23.2 Å². The molecule has 0 saturated carbocycles. The Morgan fingerprint density at radius 3 is 2.69 bits per heavy atom. The molecule has 1 aliphatic rings. The van der Waals surface area contributed by atoms with Crippen molar-refractivity contribution < 1.29 is 4.74 Å². The van der Waals surface area contributed by atoms with Crippen LogP contribution in [0.2, 0.25) is 0 Å². The molecule has 4 heteroatoms. The van der Waals surface area contributed by atoms with Gasteiger partial charge in [-0.2, -0.15) is 0 Å². The molecule has 0 bridgehead atoms. The van der Waals surface area contributed by atoms with E-state index < -0.39 is 0 Å². The highest BCUT2D eigenvalue weighted by atomic mass is 32.2. The fourth-order valence-corrected chi connectivity index (χ4v) is 1.91. The molecule has 1 aliphatic heterocycles. The number of nitrogens with zero attached hydrogens (tertiary/aromatic N) is 2. The first-order valence-electron chi connectivity index (χ1n) is 6.17. The van der Waals surface area contributed by atoms with Gasteiger partial charge in [0.25, 0.3) is 0 Å². The number of aliphatic imine (C=N–C) groups is 1. The molecule has 0 aromatic heterocycles. The Labute approximate surface area is 103 Å². The van der Waals surface area contributed by atoms with Gasteiger partial charge in [-0.1, -0.05) is 20.3 Å². The average Bonchev–Trinajstić information content (AvgIpc) is 2.73. The quantitative estimate of drug-likeness (QED) is 0.390. The lowest BCUT2D eigenvalue weighted by molar-refractivity contribution is 0.129. The van der Waals surface area contributed by atoms with E-state index in [-0.39, 0.29) is 12.2 Å². The summed E-state index contributed by atoms with van der Waals surface area (Å²) in [4.78, 5) is 4.37. The van der Waals surface area contributed by atoms with Crippen LogP contribution in [0.4, 0.5) is 0 Å². The van der Waals surface area contributed by atoms with Crippen molar-refractivity contribution in [1.29, 1.82) is 0 Å². The Balaban J connectivity index is 2.16. The molecule has 1 saturated heterocycles. The maximum absolute atomic E-state index is 5.78. The fraction of sp³-hybridized carbons (Fsp3) is 0.833. The van der Waals surface area contributed by atoms with Crippen molar-refractivity contribution in [2.24, 2.45) is 9.39 Å². The number of hydrogen-bond donors (Lipinski definition) is 0. The average molecular weight is 242 g/mol. The molecule has 1 heterocycles. The van der Waals surface area contributed by atoms with Gasteiger partial charge >= 0.3 is 0 Å². The Hall–Kier alpha value is -0.350. The van der Waals surface area contributed by atoms with Crippen molar-refractivity contribution in [3.05, 3.63) is 0 Å². The third-order valence-electron chi connectivity index (χ3n) is 2.43. The van der Waals surface area contributed by atoms with Crippen LogP contribution in [0.15, 0.2) is 9.39 Å². The van der Waals surface area contributed by atoms with Gasteiger partial charge in [0, 0.05) is 24.7 Å². The maximum Gasteiger partial charge on any atom is 0.0942 e. The number of unbranched alkanes of at least 4 members (excludes halogenated alkanes) is 1. The molecule has 0 spiro atoms. The second-order valence-electron chi connectivity index (χ2n) is 3.87. The lowest BCUT2D eigenvalue weighted by Crippen LogP contribution is -2.13. The monoisotopic (exact) mass is 242 g/mol. The van der Waals surface area contributed by atoms with Gasteiger partial charge in [0.15, 0.2) is 0 Å². The van der Waals surface area contributed by atoms with Crippen LogP contribution in [0.3, 0.4) is 0 Å². The molecule has 3 nitrogen and oxygen atoms in total. The number of hydrogen-bond acceptors (Lipinski definition) is 4. The zero-order valence-corrected chi connectivity index (χ0v) is 11.1. The summed E-state index contributed by atoms with van der Waals surface area (Å²) in [6.07, 6.45) is 8.81. The van der Waals surface area contributed by atoms with Crippen LogP contribution in [0, 0.1) is 0 Å². The van der Waals surface area contributed by atoms with Crippen molar-refractivity contribution in [3.63, 3.8) is 0 Å². The van der Waals surface area contributed by atoms with Crippen molar-refractivity contribution in [2.45, 2.75) is 51.7 Å². The van der Waals surface area contributed by atoms with Crippen molar-refractivity contribution in [3.8, 4) is 0 Å². The van der Waals surface area contributed by atoms with Gasteiger partial charge in [-0.15, -0.1) is 0 Å². The minimum atomic E-state index is 0.196. The standard InChI is InChI=1S/C12H22N2OS/c1-3-5-8-13-9-11-6-7-12(15-11)10-14-16-4-2/h9-12H,3-8H2,1-2H3. The van der Waals surface area contributed by atoms with Crippen LogP contribution < -0.4 is 0 Å². The van der Waals surface area contributed by atoms with E-state index >= 15 is 0 Å². The highest BCUT2D eigenvalue weighted by molar-refractivity contribution is 7.98. The van der Waals surface area contributed by atoms with E-state index in [1.807, 2.05) is 12.4 Å². The minimum Gasteiger partial charge on any atom is -0.364 e. The van der Waals surface area contributed by atoms with Crippen LogP contribution in [-0.4, -0.2) is 36.9 Å². The summed E-state index contributed by atoms with van der Waals surface area (Å²) in [7, 11) is 0. The van der Waals surface area contributed by atoms with Crippen LogP contribution in [0.25, 0.3) is 0 Å². The Kier molecular flexibility index (Phi) is 7.51. The second kappa shape index (κ2) is 8.76. The van der Waals surface area contributed by atoms with E-state index in [0.717, 1.165) is 25.1 Å². The summed E-state index contributed by atoms with van der Waals surface area (Å²) < 4.78 is 10.0. The molecule has 1 fully saturated rings. The van der Waals surface area contributed by atoms with Gasteiger partial charge in [0.2, 0.25) is 0 Å². The lowest BCUT2D eigenvalue weighted by Gasteiger charge is -2.05. The third-order valence-corrected chi connectivity index (χ3v) is 2.96. The Morgan fingerprint density at radius 1 is 1.25 bits per heavy atom. The van der Waals surface area contributed by atoms with E-state index in [0.29, 0.717) is 0 Å². The molecule has 0 radical (unpaired) electrons. The molecule has 2 unspecified atom stereocenters. The molecule has 1 rings (SSSR count). The first-order chi connectivity index (χ1) is 7.86. The third kappa shape index (κ3) is 5.66. The summed E-state index contributed by atoms with van der Waals surface area (Å²) in [6, 6.07) is 0. The van der Waals surface area contributed by atoms with Crippen LogP contribution in [0.5, 0.6) is 0 Å². The van der Waals surface area contributed by atoms with Gasteiger partial charge in [0.1, 0.15) is 0 Å². The molecular formula is C12H22N2OS. The molecular weight excluding hydrogens is 220 g/mol. The van der Waals surface area contributed by atoms with Crippen molar-refractivity contribution >= 4 is 24.4 Å². The van der Waals surface area contributed by atoms with Gasteiger partial charge in [-0.3, -0.25) is 4.99 Å². The van der Waals surface area contributed by atoms with E-state index in [1.54, 1.807) is 11.9 Å². The first-order valence-corrected chi connectivity index (χ1v) is 7.12. The first kappa shape index (κ1) is 13.7. The second-order valence-corrected chi connectivity index (χ2v) is 4.92. The highest BCUT2D eigenvalue weighted by Crippen LogP contribution is 2.17. The Morgan fingerprint density at radius 2 is 2.00 bits per heavy atom. The molecule has 0 amide bonds. The van der Waals surface area contributed by atoms with Crippen LogP contribution in [-0.2, 0) is 4.74 Å². The summed E-state index contributed by atoms with van der Waals surface area (Å²) >= 11 is 1.58. The predicted molar refractivity (Wildman–Crippen MR) is 72.8 cm³/mol. The van der Waals surface area contributed by atoms with Gasteiger partial charge < -0.3 is 4.74 Å². The Bertz CT molecular complexity index is 231. The van der Waals surface area contributed by atoms with E-state index in [1.165, 1.54) is 12.8 Å². The predicted octanol–water partition coefficient (Wildman–Crippen LogP) is 3.14. The van der Waals surface area contributed by atoms with Crippen molar-refractivity contribution in [2.75, 3.05) is 12.3 Å². The van der Waals surface area contributed by atoms with Crippen molar-refractivity contribution in [1.82, 2.24) is 0 Å². The van der Waals surface area contributed by atoms with Crippen LogP contribution in [0.1, 0.15) is 39.5 Å². The topological polar surface area (TPSA) is 34.0 Å². The molecule has 0 aromatic rings. The zero-order chi connectivity index (χ0) is 11.6. The molecule has 0 N–H and O–H groups in total. The molecule has 2 atom stereocenters. The summed E-state index contributed by atoms with van der Waals surface area (Å²) in [5.41, 5.74) is 0. The maximum atomic E-state index is 5.78. The minimum absolute atomic E-state index is 0.196. The largest absolute Gasteiger partial charge is 0.364 e.